The second-order valence-electron chi connectivity index (χ2n) is 5.60. The van der Waals surface area contributed by atoms with Crippen LogP contribution in [0.4, 0.5) is 0 Å². The van der Waals surface area contributed by atoms with Crippen LogP contribution < -0.4 is 5.32 Å². The Morgan fingerprint density at radius 2 is 2.00 bits per heavy atom. The van der Waals surface area contributed by atoms with Crippen LogP contribution >= 0.6 is 15.9 Å². The number of piperidine rings is 1. The maximum Gasteiger partial charge on any atom is 0.124 e. The number of halogens is 1. The first-order valence-electron chi connectivity index (χ1n) is 6.86. The van der Waals surface area contributed by atoms with Crippen LogP contribution in [0.1, 0.15) is 31.1 Å². The molecule has 1 saturated carbocycles. The summed E-state index contributed by atoms with van der Waals surface area (Å²) in [6.07, 6.45) is 5.95. The first kappa shape index (κ1) is 11.7. The first-order chi connectivity index (χ1) is 9.29. The third kappa shape index (κ3) is 2.03. The van der Waals surface area contributed by atoms with Gasteiger partial charge in [-0.3, -0.25) is 0 Å². The lowest BCUT2D eigenvalue weighted by molar-refractivity contribution is 0.379. The molecule has 0 unspecified atom stereocenters. The number of hydrogen-bond donors (Lipinski definition) is 2. The van der Waals surface area contributed by atoms with Crippen LogP contribution in [0.25, 0.3) is 11.3 Å². The summed E-state index contributed by atoms with van der Waals surface area (Å²) in [4.78, 5) is 8.07. The molecule has 0 radical (unpaired) electrons. The Kier molecular flexibility index (Phi) is 2.74. The van der Waals surface area contributed by atoms with E-state index in [4.69, 9.17) is 0 Å². The molecule has 1 aliphatic carbocycles. The lowest BCUT2D eigenvalue weighted by Crippen LogP contribution is -2.29. The number of nitrogens with zero attached hydrogens (tertiary/aromatic N) is 1. The van der Waals surface area contributed by atoms with Crippen molar-refractivity contribution in [2.24, 2.45) is 5.92 Å². The third-order valence-electron chi connectivity index (χ3n) is 4.41. The van der Waals surface area contributed by atoms with Gasteiger partial charge in [0, 0.05) is 10.5 Å². The molecule has 1 saturated heterocycles. The molecule has 1 aliphatic heterocycles. The molecule has 2 N–H and O–H groups in total. The van der Waals surface area contributed by atoms with Crippen LogP contribution in [0.2, 0.25) is 0 Å². The quantitative estimate of drug-likeness (QED) is 0.887. The fourth-order valence-electron chi connectivity index (χ4n) is 3.43. The van der Waals surface area contributed by atoms with Gasteiger partial charge in [-0.2, -0.15) is 0 Å². The lowest BCUT2D eigenvalue weighted by Gasteiger charge is -2.20. The smallest absolute Gasteiger partial charge is 0.124 e. The maximum absolute atomic E-state index is 4.59. The molecule has 2 aromatic rings. The van der Waals surface area contributed by atoms with E-state index < -0.39 is 0 Å². The van der Waals surface area contributed by atoms with Crippen molar-refractivity contribution in [3.63, 3.8) is 0 Å². The Hall–Kier alpha value is -1.13. The van der Waals surface area contributed by atoms with Crippen LogP contribution in [0, 0.1) is 5.92 Å². The van der Waals surface area contributed by atoms with Crippen molar-refractivity contribution in [3.05, 3.63) is 40.8 Å². The van der Waals surface area contributed by atoms with E-state index in [0.717, 1.165) is 28.0 Å². The molecule has 2 aliphatic rings. The van der Waals surface area contributed by atoms with Crippen LogP contribution in [-0.4, -0.2) is 16.0 Å². The summed E-state index contributed by atoms with van der Waals surface area (Å²) in [5.41, 5.74) is 2.29. The summed E-state index contributed by atoms with van der Waals surface area (Å²) in [6.45, 7) is 0. The molecule has 2 heterocycles. The SMILES string of the molecule is Brc1ccc(-c2cnc([C@H]3N[C@@H]4CC[C@H]3C4)[nH]2)cc1. The second kappa shape index (κ2) is 4.46. The first-order valence-corrected chi connectivity index (χ1v) is 7.66. The molecule has 4 heteroatoms. The summed E-state index contributed by atoms with van der Waals surface area (Å²) in [5, 5.41) is 3.68. The van der Waals surface area contributed by atoms with Crippen molar-refractivity contribution in [1.29, 1.82) is 0 Å². The number of aromatic amines is 1. The Morgan fingerprint density at radius 3 is 2.68 bits per heavy atom. The van der Waals surface area contributed by atoms with Gasteiger partial charge in [0.1, 0.15) is 5.82 Å². The van der Waals surface area contributed by atoms with Gasteiger partial charge in [0.25, 0.3) is 0 Å². The molecule has 3 nitrogen and oxygen atoms in total. The Bertz CT molecular complexity index is 590. The number of hydrogen-bond acceptors (Lipinski definition) is 2. The van der Waals surface area contributed by atoms with Gasteiger partial charge >= 0.3 is 0 Å². The fraction of sp³-hybridized carbons (Fsp3) is 0.400. The number of H-pyrrole nitrogens is 1. The topological polar surface area (TPSA) is 40.7 Å². The van der Waals surface area contributed by atoms with Gasteiger partial charge < -0.3 is 10.3 Å². The average Bonchev–Trinajstić information content (AvgIpc) is 3.15. The average molecular weight is 318 g/mol. The highest BCUT2D eigenvalue weighted by Crippen LogP contribution is 2.42. The standard InChI is InChI=1S/C15H16BrN3/c16-11-4-1-9(2-5-11)13-8-17-15(19-13)14-10-3-6-12(7-10)18-14/h1-2,4-5,8,10,12,14,18H,3,6-7H2,(H,17,19)/t10-,12+,14-/m0/s1. The van der Waals surface area contributed by atoms with E-state index in [-0.39, 0.29) is 0 Å². The van der Waals surface area contributed by atoms with Crippen molar-refractivity contribution in [3.8, 4) is 11.3 Å². The monoisotopic (exact) mass is 317 g/mol. The molecule has 98 valence electrons. The van der Waals surface area contributed by atoms with Gasteiger partial charge in [-0.15, -0.1) is 0 Å². The van der Waals surface area contributed by atoms with Crippen molar-refractivity contribution in [2.75, 3.05) is 0 Å². The Balaban J connectivity index is 1.61. The van der Waals surface area contributed by atoms with Gasteiger partial charge in [-0.25, -0.2) is 4.98 Å². The highest BCUT2D eigenvalue weighted by atomic mass is 79.9. The Morgan fingerprint density at radius 1 is 1.16 bits per heavy atom. The molecule has 1 aromatic carbocycles. The van der Waals surface area contributed by atoms with E-state index >= 15 is 0 Å². The minimum absolute atomic E-state index is 0.433. The largest absolute Gasteiger partial charge is 0.341 e. The summed E-state index contributed by atoms with van der Waals surface area (Å²) in [6, 6.07) is 9.49. The number of nitrogens with one attached hydrogen (secondary N) is 2. The summed E-state index contributed by atoms with van der Waals surface area (Å²) in [5.74, 6) is 1.87. The van der Waals surface area contributed by atoms with Gasteiger partial charge in [-0.05, 0) is 42.9 Å². The molecule has 0 amide bonds. The molecule has 2 bridgehead atoms. The van der Waals surface area contributed by atoms with Crippen molar-refractivity contribution in [1.82, 2.24) is 15.3 Å². The second-order valence-corrected chi connectivity index (χ2v) is 6.52. The van der Waals surface area contributed by atoms with Crippen molar-refractivity contribution < 1.29 is 0 Å². The zero-order valence-corrected chi connectivity index (χ0v) is 12.2. The maximum atomic E-state index is 4.59. The molecule has 0 spiro atoms. The van der Waals surface area contributed by atoms with E-state index in [1.54, 1.807) is 0 Å². The number of fused-ring (bicyclic) bond motifs is 2. The van der Waals surface area contributed by atoms with Gasteiger partial charge in [-0.1, -0.05) is 28.1 Å². The number of aromatic nitrogens is 2. The predicted octanol–water partition coefficient (Wildman–Crippen LogP) is 3.65. The number of rotatable bonds is 2. The van der Waals surface area contributed by atoms with Crippen LogP contribution in [-0.2, 0) is 0 Å². The fourth-order valence-corrected chi connectivity index (χ4v) is 3.70. The molecular formula is C15H16BrN3. The van der Waals surface area contributed by atoms with Crippen LogP contribution in [0.5, 0.6) is 0 Å². The van der Waals surface area contributed by atoms with Crippen molar-refractivity contribution in [2.45, 2.75) is 31.3 Å². The molecule has 2 fully saturated rings. The normalized spacial score (nSPS) is 29.0. The van der Waals surface area contributed by atoms with E-state index in [2.05, 4.69) is 55.5 Å². The predicted molar refractivity (Wildman–Crippen MR) is 78.7 cm³/mol. The highest BCUT2D eigenvalue weighted by Gasteiger charge is 2.41. The minimum atomic E-state index is 0.433. The number of benzene rings is 1. The highest BCUT2D eigenvalue weighted by molar-refractivity contribution is 9.10. The zero-order chi connectivity index (χ0) is 12.8. The van der Waals surface area contributed by atoms with Crippen LogP contribution in [0.15, 0.2) is 34.9 Å². The van der Waals surface area contributed by atoms with Gasteiger partial charge in [0.15, 0.2) is 0 Å². The van der Waals surface area contributed by atoms with E-state index in [9.17, 15) is 0 Å². The summed E-state index contributed by atoms with van der Waals surface area (Å²) in [7, 11) is 0. The molecule has 4 rings (SSSR count). The van der Waals surface area contributed by atoms with E-state index in [1.165, 1.54) is 24.8 Å². The summed E-state index contributed by atoms with van der Waals surface area (Å²) >= 11 is 3.46. The number of imidazole rings is 1. The van der Waals surface area contributed by atoms with Crippen LogP contribution in [0.3, 0.4) is 0 Å². The van der Waals surface area contributed by atoms with Gasteiger partial charge in [0.2, 0.25) is 0 Å². The molecule has 1 aromatic heterocycles. The van der Waals surface area contributed by atoms with E-state index in [1.807, 2.05) is 6.20 Å². The minimum Gasteiger partial charge on any atom is -0.341 e. The summed E-state index contributed by atoms with van der Waals surface area (Å²) < 4.78 is 1.10. The Labute approximate surface area is 121 Å². The third-order valence-corrected chi connectivity index (χ3v) is 4.93. The molecule has 3 atom stereocenters. The van der Waals surface area contributed by atoms with E-state index in [0.29, 0.717) is 6.04 Å². The zero-order valence-electron chi connectivity index (χ0n) is 10.6. The van der Waals surface area contributed by atoms with Crippen molar-refractivity contribution >= 4 is 15.9 Å². The lowest BCUT2D eigenvalue weighted by atomic mass is 10.00. The molecular weight excluding hydrogens is 302 g/mol. The molecule has 19 heavy (non-hydrogen) atoms. The van der Waals surface area contributed by atoms with Gasteiger partial charge in [0.05, 0.1) is 17.9 Å².